The molecule has 0 aliphatic heterocycles. The summed E-state index contributed by atoms with van der Waals surface area (Å²) < 4.78 is 12.9. The smallest absolute Gasteiger partial charge is 0.123 e. The van der Waals surface area contributed by atoms with Crippen molar-refractivity contribution in [2.24, 2.45) is 5.92 Å². The van der Waals surface area contributed by atoms with Gasteiger partial charge in [-0.05, 0) is 47.6 Å². The van der Waals surface area contributed by atoms with Crippen molar-refractivity contribution < 1.29 is 4.39 Å². The molecule has 92 valence electrons. The topological polar surface area (TPSA) is 0 Å². The van der Waals surface area contributed by atoms with Crippen LogP contribution in [0.15, 0.2) is 48.5 Å². The highest BCUT2D eigenvalue weighted by Gasteiger charge is 2.28. The van der Waals surface area contributed by atoms with Gasteiger partial charge in [0.15, 0.2) is 0 Å². The summed E-state index contributed by atoms with van der Waals surface area (Å²) in [6.07, 6.45) is 2.03. The molecule has 2 heteroatoms. The lowest BCUT2D eigenvalue weighted by atomic mass is 9.96. The molecule has 2 aromatic carbocycles. The molecule has 0 fully saturated rings. The normalized spacial score (nSPS) is 16.6. The van der Waals surface area contributed by atoms with Crippen molar-refractivity contribution in [3.63, 3.8) is 0 Å². The van der Waals surface area contributed by atoms with E-state index in [-0.39, 0.29) is 11.2 Å². The van der Waals surface area contributed by atoms with Crippen LogP contribution >= 0.6 is 11.6 Å². The Morgan fingerprint density at radius 3 is 2.06 bits per heavy atom. The molecular weight excluding hydrogens is 247 g/mol. The predicted molar refractivity (Wildman–Crippen MR) is 72.3 cm³/mol. The van der Waals surface area contributed by atoms with E-state index >= 15 is 0 Å². The van der Waals surface area contributed by atoms with Gasteiger partial charge in [0.05, 0.1) is 5.38 Å². The summed E-state index contributed by atoms with van der Waals surface area (Å²) in [5.41, 5.74) is 3.81. The van der Waals surface area contributed by atoms with Crippen LogP contribution in [0.1, 0.15) is 22.1 Å². The fraction of sp³-hybridized carbons (Fsp3) is 0.250. The second-order valence-corrected chi connectivity index (χ2v) is 5.36. The van der Waals surface area contributed by atoms with Crippen molar-refractivity contribution in [2.75, 3.05) is 0 Å². The first kappa shape index (κ1) is 11.7. The van der Waals surface area contributed by atoms with E-state index in [1.54, 1.807) is 12.1 Å². The van der Waals surface area contributed by atoms with Gasteiger partial charge in [0.1, 0.15) is 5.82 Å². The standard InChI is InChI=1S/C16H14ClF/c17-16(11-5-7-15(18)8-6-11)14-9-12-3-1-2-4-13(12)10-14/h1-8,14,16H,9-10H2. The van der Waals surface area contributed by atoms with Gasteiger partial charge in [-0.1, -0.05) is 36.4 Å². The highest BCUT2D eigenvalue weighted by molar-refractivity contribution is 6.21. The first-order valence-electron chi connectivity index (χ1n) is 6.20. The number of halogens is 2. The largest absolute Gasteiger partial charge is 0.207 e. The Kier molecular flexibility index (Phi) is 3.09. The molecule has 1 atom stereocenters. The van der Waals surface area contributed by atoms with Gasteiger partial charge in [0.2, 0.25) is 0 Å². The first-order valence-corrected chi connectivity index (χ1v) is 6.64. The third kappa shape index (κ3) is 2.15. The van der Waals surface area contributed by atoms with E-state index in [1.807, 2.05) is 0 Å². The highest BCUT2D eigenvalue weighted by Crippen LogP contribution is 2.38. The lowest BCUT2D eigenvalue weighted by Gasteiger charge is -2.17. The van der Waals surface area contributed by atoms with Crippen molar-refractivity contribution in [1.82, 2.24) is 0 Å². The SMILES string of the molecule is Fc1ccc(C(Cl)C2Cc3ccccc3C2)cc1. The van der Waals surface area contributed by atoms with Gasteiger partial charge in [0.25, 0.3) is 0 Å². The van der Waals surface area contributed by atoms with Crippen LogP contribution < -0.4 is 0 Å². The molecule has 0 saturated heterocycles. The van der Waals surface area contributed by atoms with Crippen molar-refractivity contribution in [3.8, 4) is 0 Å². The molecule has 18 heavy (non-hydrogen) atoms. The van der Waals surface area contributed by atoms with Gasteiger partial charge >= 0.3 is 0 Å². The molecule has 1 unspecified atom stereocenters. The second kappa shape index (κ2) is 4.74. The Morgan fingerprint density at radius 2 is 1.50 bits per heavy atom. The van der Waals surface area contributed by atoms with E-state index in [0.717, 1.165) is 18.4 Å². The zero-order chi connectivity index (χ0) is 12.5. The molecule has 0 N–H and O–H groups in total. The van der Waals surface area contributed by atoms with E-state index in [1.165, 1.54) is 23.3 Å². The highest BCUT2D eigenvalue weighted by atomic mass is 35.5. The predicted octanol–water partition coefficient (Wildman–Crippen LogP) is 4.52. The average molecular weight is 261 g/mol. The van der Waals surface area contributed by atoms with Crippen molar-refractivity contribution in [2.45, 2.75) is 18.2 Å². The molecule has 0 bridgehead atoms. The Hall–Kier alpha value is -1.34. The van der Waals surface area contributed by atoms with Crippen LogP contribution in [0.4, 0.5) is 4.39 Å². The number of hydrogen-bond donors (Lipinski definition) is 0. The molecule has 0 radical (unpaired) electrons. The van der Waals surface area contributed by atoms with Crippen LogP contribution in [0.2, 0.25) is 0 Å². The van der Waals surface area contributed by atoms with Crippen molar-refractivity contribution in [1.29, 1.82) is 0 Å². The Labute approximate surface area is 111 Å². The van der Waals surface area contributed by atoms with Gasteiger partial charge in [-0.2, -0.15) is 0 Å². The molecule has 0 aromatic heterocycles. The zero-order valence-electron chi connectivity index (χ0n) is 9.94. The molecule has 1 aliphatic carbocycles. The van der Waals surface area contributed by atoms with Gasteiger partial charge < -0.3 is 0 Å². The summed E-state index contributed by atoms with van der Waals surface area (Å²) >= 11 is 6.53. The maximum Gasteiger partial charge on any atom is 0.123 e. The molecule has 3 rings (SSSR count). The minimum atomic E-state index is -0.211. The third-order valence-electron chi connectivity index (χ3n) is 3.68. The zero-order valence-corrected chi connectivity index (χ0v) is 10.7. The van der Waals surface area contributed by atoms with Crippen LogP contribution in [0.5, 0.6) is 0 Å². The van der Waals surface area contributed by atoms with E-state index < -0.39 is 0 Å². The van der Waals surface area contributed by atoms with Crippen LogP contribution in [-0.4, -0.2) is 0 Å². The van der Waals surface area contributed by atoms with Gasteiger partial charge in [-0.25, -0.2) is 4.39 Å². The number of rotatable bonds is 2. The van der Waals surface area contributed by atoms with Gasteiger partial charge in [-0.15, -0.1) is 11.6 Å². The molecular formula is C16H14ClF. The monoisotopic (exact) mass is 260 g/mol. The minimum Gasteiger partial charge on any atom is -0.207 e. The van der Waals surface area contributed by atoms with Crippen LogP contribution in [0.3, 0.4) is 0 Å². The Bertz CT molecular complexity index is 522. The summed E-state index contributed by atoms with van der Waals surface area (Å²) in [4.78, 5) is 0. The number of alkyl halides is 1. The van der Waals surface area contributed by atoms with E-state index in [9.17, 15) is 4.39 Å². The summed E-state index contributed by atoms with van der Waals surface area (Å²) in [7, 11) is 0. The maximum absolute atomic E-state index is 12.9. The first-order chi connectivity index (χ1) is 8.74. The summed E-state index contributed by atoms with van der Waals surface area (Å²) in [5.74, 6) is 0.201. The number of fused-ring (bicyclic) bond motifs is 1. The number of benzene rings is 2. The maximum atomic E-state index is 12.9. The molecule has 1 aliphatic rings. The fourth-order valence-corrected chi connectivity index (χ4v) is 3.04. The van der Waals surface area contributed by atoms with Gasteiger partial charge in [-0.3, -0.25) is 0 Å². The van der Waals surface area contributed by atoms with Crippen LogP contribution in [-0.2, 0) is 12.8 Å². The van der Waals surface area contributed by atoms with E-state index in [2.05, 4.69) is 24.3 Å². The molecule has 0 nitrogen and oxygen atoms in total. The van der Waals surface area contributed by atoms with E-state index in [4.69, 9.17) is 11.6 Å². The molecule has 2 aromatic rings. The van der Waals surface area contributed by atoms with Crippen molar-refractivity contribution >= 4 is 11.6 Å². The Morgan fingerprint density at radius 1 is 0.944 bits per heavy atom. The average Bonchev–Trinajstić information content (AvgIpc) is 2.82. The third-order valence-corrected chi connectivity index (χ3v) is 4.29. The molecule has 0 saturated carbocycles. The van der Waals surface area contributed by atoms with Crippen molar-refractivity contribution in [3.05, 3.63) is 71.0 Å². The molecule has 0 amide bonds. The Balaban J connectivity index is 1.80. The molecule has 0 heterocycles. The second-order valence-electron chi connectivity index (χ2n) is 4.89. The quantitative estimate of drug-likeness (QED) is 0.697. The molecule has 0 spiro atoms. The summed E-state index contributed by atoms with van der Waals surface area (Å²) in [6.45, 7) is 0. The fourth-order valence-electron chi connectivity index (χ4n) is 2.72. The van der Waals surface area contributed by atoms with Gasteiger partial charge in [0, 0.05) is 0 Å². The lowest BCUT2D eigenvalue weighted by molar-refractivity contribution is 0.539. The minimum absolute atomic E-state index is 0.0435. The summed E-state index contributed by atoms with van der Waals surface area (Å²) in [6, 6.07) is 15.0. The lowest BCUT2D eigenvalue weighted by Crippen LogP contribution is -2.08. The summed E-state index contributed by atoms with van der Waals surface area (Å²) in [5, 5.41) is -0.0435. The number of hydrogen-bond acceptors (Lipinski definition) is 0. The van der Waals surface area contributed by atoms with Crippen LogP contribution in [0.25, 0.3) is 0 Å². The van der Waals surface area contributed by atoms with E-state index in [0.29, 0.717) is 5.92 Å². The van der Waals surface area contributed by atoms with Crippen LogP contribution in [0, 0.1) is 11.7 Å².